The van der Waals surface area contributed by atoms with E-state index in [-0.39, 0.29) is 5.91 Å². The Balaban J connectivity index is 2.01. The minimum atomic E-state index is 0.282. The highest BCUT2D eigenvalue weighted by Crippen LogP contribution is 2.25. The molecule has 2 nitrogen and oxygen atoms in total. The maximum absolute atomic E-state index is 11.2. The SMILES string of the molecule is CCCCNC(=O)C1CCC1. The molecule has 1 aliphatic rings. The van der Waals surface area contributed by atoms with Crippen molar-refractivity contribution in [1.29, 1.82) is 0 Å². The average Bonchev–Trinajstić information content (AvgIpc) is 1.84. The molecule has 0 bridgehead atoms. The van der Waals surface area contributed by atoms with Gasteiger partial charge in [0, 0.05) is 12.5 Å². The van der Waals surface area contributed by atoms with Crippen LogP contribution >= 0.6 is 0 Å². The highest BCUT2D eigenvalue weighted by atomic mass is 16.1. The zero-order valence-corrected chi connectivity index (χ0v) is 7.23. The van der Waals surface area contributed by atoms with Gasteiger partial charge in [0.1, 0.15) is 0 Å². The Kier molecular flexibility index (Phi) is 3.40. The molecule has 0 aliphatic heterocycles. The molecule has 2 heteroatoms. The molecule has 0 saturated heterocycles. The number of unbranched alkanes of at least 4 members (excludes halogenated alkanes) is 1. The Labute approximate surface area is 68.4 Å². The predicted octanol–water partition coefficient (Wildman–Crippen LogP) is 1.70. The zero-order chi connectivity index (χ0) is 8.10. The molecular weight excluding hydrogens is 138 g/mol. The van der Waals surface area contributed by atoms with E-state index in [0.29, 0.717) is 5.92 Å². The first-order valence-corrected chi connectivity index (χ1v) is 4.62. The molecule has 1 saturated carbocycles. The van der Waals surface area contributed by atoms with Gasteiger partial charge in [-0.15, -0.1) is 0 Å². The number of carbonyl (C=O) groups is 1. The van der Waals surface area contributed by atoms with E-state index in [1.807, 2.05) is 0 Å². The summed E-state index contributed by atoms with van der Waals surface area (Å²) in [5.74, 6) is 0.636. The van der Waals surface area contributed by atoms with E-state index in [2.05, 4.69) is 12.2 Å². The van der Waals surface area contributed by atoms with Crippen LogP contribution in [0.15, 0.2) is 0 Å². The van der Waals surface area contributed by atoms with Crippen LogP contribution in [0, 0.1) is 5.92 Å². The van der Waals surface area contributed by atoms with Crippen LogP contribution in [0.2, 0.25) is 0 Å². The van der Waals surface area contributed by atoms with Gasteiger partial charge < -0.3 is 5.32 Å². The van der Waals surface area contributed by atoms with Crippen LogP contribution in [-0.2, 0) is 4.79 Å². The van der Waals surface area contributed by atoms with Gasteiger partial charge in [0.2, 0.25) is 5.91 Å². The second-order valence-corrected chi connectivity index (χ2v) is 3.27. The molecule has 64 valence electrons. The number of carbonyl (C=O) groups excluding carboxylic acids is 1. The van der Waals surface area contributed by atoms with Crippen molar-refractivity contribution in [1.82, 2.24) is 5.32 Å². The summed E-state index contributed by atoms with van der Waals surface area (Å²) in [6.07, 6.45) is 5.73. The Morgan fingerprint density at radius 2 is 2.27 bits per heavy atom. The van der Waals surface area contributed by atoms with Crippen LogP contribution < -0.4 is 5.32 Å². The zero-order valence-electron chi connectivity index (χ0n) is 7.23. The summed E-state index contributed by atoms with van der Waals surface area (Å²) >= 11 is 0. The minimum absolute atomic E-state index is 0.282. The first kappa shape index (κ1) is 8.57. The van der Waals surface area contributed by atoms with Crippen molar-refractivity contribution in [3.8, 4) is 0 Å². The third-order valence-corrected chi connectivity index (χ3v) is 2.31. The lowest BCUT2D eigenvalue weighted by Gasteiger charge is -2.23. The van der Waals surface area contributed by atoms with Crippen molar-refractivity contribution in [2.45, 2.75) is 39.0 Å². The molecule has 0 atom stereocenters. The maximum Gasteiger partial charge on any atom is 0.223 e. The van der Waals surface area contributed by atoms with Gasteiger partial charge in [-0.05, 0) is 19.3 Å². The third-order valence-electron chi connectivity index (χ3n) is 2.31. The largest absolute Gasteiger partial charge is 0.356 e. The highest BCUT2D eigenvalue weighted by Gasteiger charge is 2.24. The summed E-state index contributed by atoms with van der Waals surface area (Å²) in [7, 11) is 0. The molecule has 1 fully saturated rings. The lowest BCUT2D eigenvalue weighted by atomic mass is 9.85. The fraction of sp³-hybridized carbons (Fsp3) is 0.889. The highest BCUT2D eigenvalue weighted by molar-refractivity contribution is 5.79. The van der Waals surface area contributed by atoms with Crippen molar-refractivity contribution >= 4 is 5.91 Å². The second kappa shape index (κ2) is 4.37. The standard InChI is InChI=1S/C9H17NO/c1-2-3-7-10-9(11)8-5-4-6-8/h8H,2-7H2,1H3,(H,10,11). The van der Waals surface area contributed by atoms with Crippen molar-refractivity contribution in [3.63, 3.8) is 0 Å². The van der Waals surface area contributed by atoms with Gasteiger partial charge >= 0.3 is 0 Å². The molecule has 0 unspecified atom stereocenters. The Morgan fingerprint density at radius 3 is 2.73 bits per heavy atom. The molecule has 1 aliphatic carbocycles. The van der Waals surface area contributed by atoms with Gasteiger partial charge in [0.25, 0.3) is 0 Å². The molecule has 11 heavy (non-hydrogen) atoms. The van der Waals surface area contributed by atoms with Crippen LogP contribution in [0.3, 0.4) is 0 Å². The molecule has 0 heterocycles. The molecule has 0 aromatic heterocycles. The van der Waals surface area contributed by atoms with Crippen LogP contribution in [0.4, 0.5) is 0 Å². The second-order valence-electron chi connectivity index (χ2n) is 3.27. The van der Waals surface area contributed by atoms with E-state index >= 15 is 0 Å². The van der Waals surface area contributed by atoms with Gasteiger partial charge in [-0.3, -0.25) is 4.79 Å². The summed E-state index contributed by atoms with van der Waals surface area (Å²) in [6.45, 7) is 3.00. The number of hydrogen-bond donors (Lipinski definition) is 1. The molecule has 0 spiro atoms. The van der Waals surface area contributed by atoms with Crippen LogP contribution in [0.25, 0.3) is 0 Å². The fourth-order valence-corrected chi connectivity index (χ4v) is 1.20. The van der Waals surface area contributed by atoms with Crippen molar-refractivity contribution in [3.05, 3.63) is 0 Å². The van der Waals surface area contributed by atoms with Crippen molar-refractivity contribution in [2.24, 2.45) is 5.92 Å². The first-order chi connectivity index (χ1) is 5.34. The van der Waals surface area contributed by atoms with Gasteiger partial charge in [-0.1, -0.05) is 19.8 Å². The van der Waals surface area contributed by atoms with Gasteiger partial charge in [0.05, 0.1) is 0 Å². The number of amides is 1. The Bertz CT molecular complexity index is 130. The third kappa shape index (κ3) is 2.52. The van der Waals surface area contributed by atoms with Crippen LogP contribution in [-0.4, -0.2) is 12.5 Å². The summed E-state index contributed by atoms with van der Waals surface area (Å²) in [5, 5.41) is 2.95. The molecule has 1 amide bonds. The van der Waals surface area contributed by atoms with Crippen LogP contribution in [0.5, 0.6) is 0 Å². The normalized spacial score (nSPS) is 17.5. The predicted molar refractivity (Wildman–Crippen MR) is 45.3 cm³/mol. The van der Waals surface area contributed by atoms with Crippen molar-refractivity contribution < 1.29 is 4.79 Å². The van der Waals surface area contributed by atoms with E-state index in [1.54, 1.807) is 0 Å². The van der Waals surface area contributed by atoms with Gasteiger partial charge in [0.15, 0.2) is 0 Å². The van der Waals surface area contributed by atoms with Crippen molar-refractivity contribution in [2.75, 3.05) is 6.54 Å². The molecule has 0 radical (unpaired) electrons. The Morgan fingerprint density at radius 1 is 1.55 bits per heavy atom. The molecule has 0 aromatic carbocycles. The van der Waals surface area contributed by atoms with E-state index in [9.17, 15) is 4.79 Å². The summed E-state index contributed by atoms with van der Waals surface area (Å²) in [4.78, 5) is 11.2. The molecule has 1 rings (SSSR count). The summed E-state index contributed by atoms with van der Waals surface area (Å²) < 4.78 is 0. The van der Waals surface area contributed by atoms with E-state index in [1.165, 1.54) is 6.42 Å². The van der Waals surface area contributed by atoms with E-state index in [0.717, 1.165) is 32.2 Å². The smallest absolute Gasteiger partial charge is 0.223 e. The average molecular weight is 155 g/mol. The quantitative estimate of drug-likeness (QED) is 0.615. The summed E-state index contributed by atoms with van der Waals surface area (Å²) in [6, 6.07) is 0. The maximum atomic E-state index is 11.2. The molecular formula is C9H17NO. The number of nitrogens with one attached hydrogen (secondary N) is 1. The monoisotopic (exact) mass is 155 g/mol. The van der Waals surface area contributed by atoms with Gasteiger partial charge in [-0.2, -0.15) is 0 Å². The molecule has 1 N–H and O–H groups in total. The van der Waals surface area contributed by atoms with E-state index in [4.69, 9.17) is 0 Å². The molecule has 0 aromatic rings. The summed E-state index contributed by atoms with van der Waals surface area (Å²) in [5.41, 5.74) is 0. The van der Waals surface area contributed by atoms with Crippen LogP contribution in [0.1, 0.15) is 39.0 Å². The lowest BCUT2D eigenvalue weighted by Crippen LogP contribution is -2.34. The lowest BCUT2D eigenvalue weighted by molar-refractivity contribution is -0.127. The van der Waals surface area contributed by atoms with E-state index < -0.39 is 0 Å². The van der Waals surface area contributed by atoms with Gasteiger partial charge in [-0.25, -0.2) is 0 Å². The number of hydrogen-bond acceptors (Lipinski definition) is 1. The Hall–Kier alpha value is -0.530. The number of rotatable bonds is 4. The topological polar surface area (TPSA) is 29.1 Å². The fourth-order valence-electron chi connectivity index (χ4n) is 1.20. The first-order valence-electron chi connectivity index (χ1n) is 4.62. The minimum Gasteiger partial charge on any atom is -0.356 e.